The number of hydrogen-bond acceptors (Lipinski definition) is 5. The third kappa shape index (κ3) is 4.42. The summed E-state index contributed by atoms with van der Waals surface area (Å²) in [6, 6.07) is 6.26. The van der Waals surface area contributed by atoms with E-state index in [9.17, 15) is 10.1 Å². The molecule has 7 heteroatoms. The van der Waals surface area contributed by atoms with Crippen molar-refractivity contribution in [1.82, 2.24) is 4.98 Å². The molecule has 1 N–H and O–H groups in total. The summed E-state index contributed by atoms with van der Waals surface area (Å²) in [5.41, 5.74) is 0.812. The van der Waals surface area contributed by atoms with Crippen molar-refractivity contribution < 1.29 is 9.66 Å². The van der Waals surface area contributed by atoms with E-state index in [4.69, 9.17) is 4.74 Å². The van der Waals surface area contributed by atoms with Crippen LogP contribution in [0.4, 0.5) is 11.4 Å². The lowest BCUT2D eigenvalue weighted by atomic mass is 10.3. The maximum absolute atomic E-state index is 10.8. The van der Waals surface area contributed by atoms with E-state index in [0.29, 0.717) is 16.0 Å². The molecule has 2 rings (SSSR count). The number of nitro benzene ring substituents is 1. The summed E-state index contributed by atoms with van der Waals surface area (Å²) in [6.07, 6.45) is 4.26. The van der Waals surface area contributed by atoms with Crippen LogP contribution in [0.3, 0.4) is 0 Å². The third-order valence-corrected chi connectivity index (χ3v) is 3.05. The lowest BCUT2D eigenvalue weighted by Crippen LogP contribution is -2.00. The highest BCUT2D eigenvalue weighted by Crippen LogP contribution is 2.30. The highest BCUT2D eigenvalue weighted by atomic mass is 79.9. The summed E-state index contributed by atoms with van der Waals surface area (Å²) in [5.74, 6) is 0.897. The normalized spacial score (nSPS) is 10.2. The number of ether oxygens (including phenoxy) is 1. The smallest absolute Gasteiger partial charge is 0.274 e. The first-order chi connectivity index (χ1) is 10.1. The summed E-state index contributed by atoms with van der Waals surface area (Å²) >= 11 is 3.23. The zero-order valence-electron chi connectivity index (χ0n) is 11.4. The predicted octanol–water partition coefficient (Wildman–Crippen LogP) is 4.37. The first kappa shape index (κ1) is 15.2. The number of pyridine rings is 1. The minimum absolute atomic E-state index is 0.0346. The Morgan fingerprint density at radius 3 is 2.81 bits per heavy atom. The maximum atomic E-state index is 10.8. The van der Waals surface area contributed by atoms with E-state index < -0.39 is 4.92 Å². The molecule has 0 unspecified atom stereocenters. The monoisotopic (exact) mass is 351 g/mol. The van der Waals surface area contributed by atoms with Gasteiger partial charge in [-0.3, -0.25) is 15.1 Å². The molecule has 0 amide bonds. The minimum atomic E-state index is -0.463. The highest BCUT2D eigenvalue weighted by molar-refractivity contribution is 9.10. The first-order valence-corrected chi connectivity index (χ1v) is 7.19. The summed E-state index contributed by atoms with van der Waals surface area (Å²) in [6.45, 7) is 2.91. The van der Waals surface area contributed by atoms with Crippen LogP contribution in [0.1, 0.15) is 13.3 Å². The third-order valence-electron chi connectivity index (χ3n) is 2.59. The van der Waals surface area contributed by atoms with E-state index in [-0.39, 0.29) is 5.69 Å². The molecule has 0 saturated carbocycles. The standard InChI is InChI=1S/C14H14BrN3O3/c1-2-3-17-11-6-14(9-16-8-11)21-13-5-10(15)4-12(7-13)18(19)20/h4-9,17H,2-3H2,1H3. The molecule has 21 heavy (non-hydrogen) atoms. The molecular weight excluding hydrogens is 338 g/mol. The van der Waals surface area contributed by atoms with Gasteiger partial charge in [0, 0.05) is 23.2 Å². The number of nitrogens with zero attached hydrogens (tertiary/aromatic N) is 2. The van der Waals surface area contributed by atoms with Crippen molar-refractivity contribution in [3.63, 3.8) is 0 Å². The van der Waals surface area contributed by atoms with Gasteiger partial charge in [-0.2, -0.15) is 0 Å². The molecule has 0 aliphatic heterocycles. The molecule has 1 aromatic heterocycles. The van der Waals surface area contributed by atoms with Crippen molar-refractivity contribution in [3.05, 3.63) is 51.2 Å². The summed E-state index contributed by atoms with van der Waals surface area (Å²) in [7, 11) is 0. The van der Waals surface area contributed by atoms with Gasteiger partial charge in [0.1, 0.15) is 11.5 Å². The van der Waals surface area contributed by atoms with Gasteiger partial charge in [-0.15, -0.1) is 0 Å². The number of nitro groups is 1. The van der Waals surface area contributed by atoms with Crippen LogP contribution in [0.2, 0.25) is 0 Å². The Hall–Kier alpha value is -2.15. The second-order valence-corrected chi connectivity index (χ2v) is 5.26. The Morgan fingerprint density at radius 2 is 2.10 bits per heavy atom. The number of hydrogen-bond donors (Lipinski definition) is 1. The van der Waals surface area contributed by atoms with E-state index in [1.54, 1.807) is 24.5 Å². The maximum Gasteiger partial charge on any atom is 0.274 e. The molecule has 0 bridgehead atoms. The molecule has 0 saturated heterocycles. The average Bonchev–Trinajstić information content (AvgIpc) is 2.45. The van der Waals surface area contributed by atoms with Crippen LogP contribution in [0, 0.1) is 10.1 Å². The van der Waals surface area contributed by atoms with Crippen LogP contribution in [-0.2, 0) is 0 Å². The van der Waals surface area contributed by atoms with E-state index in [1.165, 1.54) is 12.1 Å². The molecule has 2 aromatic rings. The van der Waals surface area contributed by atoms with Gasteiger partial charge in [0.25, 0.3) is 5.69 Å². The molecule has 110 valence electrons. The van der Waals surface area contributed by atoms with Crippen molar-refractivity contribution >= 4 is 27.3 Å². The van der Waals surface area contributed by atoms with Gasteiger partial charge in [-0.1, -0.05) is 22.9 Å². The van der Waals surface area contributed by atoms with Crippen LogP contribution >= 0.6 is 15.9 Å². The van der Waals surface area contributed by atoms with Gasteiger partial charge >= 0.3 is 0 Å². The molecule has 0 atom stereocenters. The molecule has 1 aromatic carbocycles. The Morgan fingerprint density at radius 1 is 1.29 bits per heavy atom. The van der Waals surface area contributed by atoms with Crippen molar-refractivity contribution in [1.29, 1.82) is 0 Å². The lowest BCUT2D eigenvalue weighted by Gasteiger charge is -2.08. The van der Waals surface area contributed by atoms with Crippen LogP contribution < -0.4 is 10.1 Å². The zero-order chi connectivity index (χ0) is 15.2. The molecule has 0 radical (unpaired) electrons. The van der Waals surface area contributed by atoms with Crippen molar-refractivity contribution in [2.24, 2.45) is 0 Å². The Kier molecular flexibility index (Phi) is 5.10. The van der Waals surface area contributed by atoms with E-state index in [1.807, 2.05) is 0 Å². The fourth-order valence-corrected chi connectivity index (χ4v) is 2.15. The van der Waals surface area contributed by atoms with Crippen molar-refractivity contribution in [2.75, 3.05) is 11.9 Å². The van der Waals surface area contributed by atoms with Gasteiger partial charge in [0.15, 0.2) is 0 Å². The van der Waals surface area contributed by atoms with Gasteiger partial charge in [-0.25, -0.2) is 0 Å². The minimum Gasteiger partial charge on any atom is -0.455 e. The number of benzene rings is 1. The highest BCUT2D eigenvalue weighted by Gasteiger charge is 2.10. The second-order valence-electron chi connectivity index (χ2n) is 4.34. The molecule has 6 nitrogen and oxygen atoms in total. The average molecular weight is 352 g/mol. The van der Waals surface area contributed by atoms with E-state index in [2.05, 4.69) is 33.2 Å². The topological polar surface area (TPSA) is 77.3 Å². The zero-order valence-corrected chi connectivity index (χ0v) is 13.0. The Labute approximate surface area is 130 Å². The number of non-ortho nitro benzene ring substituents is 1. The van der Waals surface area contributed by atoms with Crippen molar-refractivity contribution in [3.8, 4) is 11.5 Å². The van der Waals surface area contributed by atoms with Gasteiger partial charge in [-0.05, 0) is 12.5 Å². The SMILES string of the molecule is CCCNc1cncc(Oc2cc(Br)cc([N+](=O)[O-])c2)c1. The number of anilines is 1. The van der Waals surface area contributed by atoms with Crippen LogP contribution in [0.5, 0.6) is 11.5 Å². The molecular formula is C14H14BrN3O3. The fourth-order valence-electron chi connectivity index (χ4n) is 1.69. The predicted molar refractivity (Wildman–Crippen MR) is 83.9 cm³/mol. The number of rotatable bonds is 6. The summed E-state index contributed by atoms with van der Waals surface area (Å²) < 4.78 is 6.22. The first-order valence-electron chi connectivity index (χ1n) is 6.40. The number of aromatic nitrogens is 1. The molecule has 0 fully saturated rings. The molecule has 0 spiro atoms. The van der Waals surface area contributed by atoms with Gasteiger partial charge in [0.2, 0.25) is 0 Å². The Balaban J connectivity index is 2.19. The second kappa shape index (κ2) is 7.03. The van der Waals surface area contributed by atoms with Gasteiger partial charge < -0.3 is 10.1 Å². The van der Waals surface area contributed by atoms with Crippen LogP contribution in [-0.4, -0.2) is 16.5 Å². The van der Waals surface area contributed by atoms with E-state index >= 15 is 0 Å². The van der Waals surface area contributed by atoms with Crippen LogP contribution in [0.15, 0.2) is 41.1 Å². The largest absolute Gasteiger partial charge is 0.455 e. The number of nitrogens with one attached hydrogen (secondary N) is 1. The quantitative estimate of drug-likeness (QED) is 0.617. The molecule has 0 aliphatic carbocycles. The fraction of sp³-hybridized carbons (Fsp3) is 0.214. The summed E-state index contributed by atoms with van der Waals surface area (Å²) in [4.78, 5) is 14.5. The Bertz CT molecular complexity index is 649. The van der Waals surface area contributed by atoms with Gasteiger partial charge in [0.05, 0.1) is 29.1 Å². The summed E-state index contributed by atoms with van der Waals surface area (Å²) in [5, 5.41) is 14.0. The van der Waals surface area contributed by atoms with E-state index in [0.717, 1.165) is 18.7 Å². The molecule has 0 aliphatic rings. The van der Waals surface area contributed by atoms with Crippen LogP contribution in [0.25, 0.3) is 0 Å². The van der Waals surface area contributed by atoms with Crippen molar-refractivity contribution in [2.45, 2.75) is 13.3 Å². The molecule has 1 heterocycles. The lowest BCUT2D eigenvalue weighted by molar-refractivity contribution is -0.385. The number of halogens is 1.